The summed E-state index contributed by atoms with van der Waals surface area (Å²) >= 11 is 1.51. The lowest BCUT2D eigenvalue weighted by Crippen LogP contribution is -1.89. The molecule has 0 unspecified atom stereocenters. The Morgan fingerprint density at radius 2 is 2.25 bits per heavy atom. The molecule has 0 bridgehead atoms. The fraction of sp³-hybridized carbons (Fsp3) is 0.250. The first-order chi connectivity index (χ1) is 7.74. The monoisotopic (exact) mass is 235 g/mol. The van der Waals surface area contributed by atoms with Gasteiger partial charge in [0.05, 0.1) is 25.0 Å². The molecule has 0 radical (unpaired) electrons. The van der Waals surface area contributed by atoms with E-state index in [1.807, 2.05) is 30.5 Å². The number of aromatic nitrogens is 1. The minimum absolute atomic E-state index is 0.0232. The van der Waals surface area contributed by atoms with E-state index in [0.29, 0.717) is 5.69 Å². The highest BCUT2D eigenvalue weighted by Gasteiger charge is 2.10. The number of aliphatic hydroxyl groups is 1. The maximum atomic E-state index is 8.99. The highest BCUT2D eigenvalue weighted by atomic mass is 32.1. The van der Waals surface area contributed by atoms with Gasteiger partial charge in [0, 0.05) is 5.38 Å². The van der Waals surface area contributed by atoms with E-state index in [-0.39, 0.29) is 6.61 Å². The van der Waals surface area contributed by atoms with Crippen molar-refractivity contribution in [2.45, 2.75) is 13.5 Å². The SMILES string of the molecule is COc1ccc(C)cc1-c1nc(CO)cs1. The molecule has 0 saturated carbocycles. The van der Waals surface area contributed by atoms with Crippen molar-refractivity contribution in [2.24, 2.45) is 0 Å². The van der Waals surface area contributed by atoms with Gasteiger partial charge in [0.15, 0.2) is 0 Å². The Bertz CT molecular complexity index is 494. The molecule has 0 aliphatic carbocycles. The quantitative estimate of drug-likeness (QED) is 0.889. The summed E-state index contributed by atoms with van der Waals surface area (Å²) in [5.41, 5.74) is 2.84. The average molecular weight is 235 g/mol. The number of aliphatic hydroxyl groups excluding tert-OH is 1. The Morgan fingerprint density at radius 1 is 1.44 bits per heavy atom. The summed E-state index contributed by atoms with van der Waals surface area (Å²) in [5, 5.41) is 11.7. The van der Waals surface area contributed by atoms with Gasteiger partial charge in [-0.05, 0) is 19.1 Å². The van der Waals surface area contributed by atoms with Gasteiger partial charge < -0.3 is 9.84 Å². The van der Waals surface area contributed by atoms with Gasteiger partial charge in [-0.25, -0.2) is 4.98 Å². The molecule has 1 aromatic heterocycles. The lowest BCUT2D eigenvalue weighted by Gasteiger charge is -2.06. The van der Waals surface area contributed by atoms with Gasteiger partial charge in [0.1, 0.15) is 10.8 Å². The van der Waals surface area contributed by atoms with E-state index in [1.165, 1.54) is 11.3 Å². The van der Waals surface area contributed by atoms with Crippen LogP contribution in [0.4, 0.5) is 0 Å². The van der Waals surface area contributed by atoms with E-state index in [2.05, 4.69) is 4.98 Å². The van der Waals surface area contributed by atoms with E-state index < -0.39 is 0 Å². The molecule has 0 spiro atoms. The van der Waals surface area contributed by atoms with Gasteiger partial charge in [-0.3, -0.25) is 0 Å². The second-order valence-corrected chi connectivity index (χ2v) is 4.36. The molecule has 2 rings (SSSR count). The highest BCUT2D eigenvalue weighted by Crippen LogP contribution is 2.32. The average Bonchev–Trinajstić information content (AvgIpc) is 2.77. The van der Waals surface area contributed by atoms with Crippen molar-refractivity contribution >= 4 is 11.3 Å². The third-order valence-corrected chi connectivity index (χ3v) is 3.22. The van der Waals surface area contributed by atoms with Crippen molar-refractivity contribution in [2.75, 3.05) is 7.11 Å². The van der Waals surface area contributed by atoms with Gasteiger partial charge in [-0.2, -0.15) is 0 Å². The van der Waals surface area contributed by atoms with Crippen LogP contribution in [-0.2, 0) is 6.61 Å². The molecule has 0 amide bonds. The zero-order valence-electron chi connectivity index (χ0n) is 9.23. The number of nitrogens with zero attached hydrogens (tertiary/aromatic N) is 1. The molecule has 84 valence electrons. The van der Waals surface area contributed by atoms with Crippen molar-refractivity contribution in [3.8, 4) is 16.3 Å². The molecule has 0 aliphatic rings. The summed E-state index contributed by atoms with van der Waals surface area (Å²) < 4.78 is 5.30. The number of benzene rings is 1. The summed E-state index contributed by atoms with van der Waals surface area (Å²) in [7, 11) is 1.65. The van der Waals surface area contributed by atoms with Crippen molar-refractivity contribution < 1.29 is 9.84 Å². The number of ether oxygens (including phenoxy) is 1. The van der Waals surface area contributed by atoms with E-state index in [9.17, 15) is 0 Å². The Hall–Kier alpha value is -1.39. The summed E-state index contributed by atoms with van der Waals surface area (Å²) in [5.74, 6) is 0.810. The van der Waals surface area contributed by atoms with Crippen LogP contribution in [0.25, 0.3) is 10.6 Å². The number of hydrogen-bond donors (Lipinski definition) is 1. The van der Waals surface area contributed by atoms with Gasteiger partial charge >= 0.3 is 0 Å². The number of hydrogen-bond acceptors (Lipinski definition) is 4. The molecule has 0 aliphatic heterocycles. The largest absolute Gasteiger partial charge is 0.496 e. The molecule has 4 heteroatoms. The summed E-state index contributed by atoms with van der Waals surface area (Å²) in [6.07, 6.45) is 0. The lowest BCUT2D eigenvalue weighted by atomic mass is 10.1. The van der Waals surface area contributed by atoms with Gasteiger partial charge in [0.2, 0.25) is 0 Å². The number of methoxy groups -OCH3 is 1. The van der Waals surface area contributed by atoms with Crippen LogP contribution in [0.15, 0.2) is 23.6 Å². The molecule has 1 N–H and O–H groups in total. The van der Waals surface area contributed by atoms with E-state index >= 15 is 0 Å². The van der Waals surface area contributed by atoms with Gasteiger partial charge in [0.25, 0.3) is 0 Å². The normalized spacial score (nSPS) is 10.4. The van der Waals surface area contributed by atoms with Crippen LogP contribution < -0.4 is 4.74 Å². The zero-order valence-corrected chi connectivity index (χ0v) is 10.0. The van der Waals surface area contributed by atoms with Crippen LogP contribution in [0, 0.1) is 6.92 Å². The standard InChI is InChI=1S/C12H13NO2S/c1-8-3-4-11(15-2)10(5-8)12-13-9(6-14)7-16-12/h3-5,7,14H,6H2,1-2H3. The fourth-order valence-electron chi connectivity index (χ4n) is 1.49. The molecule has 0 atom stereocenters. The minimum Gasteiger partial charge on any atom is -0.496 e. The third kappa shape index (κ3) is 2.08. The fourth-order valence-corrected chi connectivity index (χ4v) is 2.32. The maximum Gasteiger partial charge on any atom is 0.129 e. The smallest absolute Gasteiger partial charge is 0.129 e. The Morgan fingerprint density at radius 3 is 2.88 bits per heavy atom. The Balaban J connectivity index is 2.49. The first kappa shape index (κ1) is 11.1. The number of thiazole rings is 1. The van der Waals surface area contributed by atoms with Crippen molar-refractivity contribution in [1.82, 2.24) is 4.98 Å². The molecule has 3 nitrogen and oxygen atoms in total. The second kappa shape index (κ2) is 4.63. The van der Waals surface area contributed by atoms with E-state index in [1.54, 1.807) is 7.11 Å². The summed E-state index contributed by atoms with van der Waals surface area (Å²) in [4.78, 5) is 4.34. The second-order valence-electron chi connectivity index (χ2n) is 3.51. The van der Waals surface area contributed by atoms with Crippen LogP contribution in [0.3, 0.4) is 0 Å². The molecular weight excluding hydrogens is 222 g/mol. The molecule has 0 fully saturated rings. The molecule has 16 heavy (non-hydrogen) atoms. The molecule has 1 aromatic carbocycles. The van der Waals surface area contributed by atoms with E-state index in [4.69, 9.17) is 9.84 Å². The van der Waals surface area contributed by atoms with Crippen LogP contribution in [0.5, 0.6) is 5.75 Å². The van der Waals surface area contributed by atoms with Gasteiger partial charge in [-0.15, -0.1) is 11.3 Å². The number of aryl methyl sites for hydroxylation is 1. The molecule has 0 saturated heterocycles. The van der Waals surface area contributed by atoms with Crippen molar-refractivity contribution in [3.05, 3.63) is 34.8 Å². The van der Waals surface area contributed by atoms with E-state index in [0.717, 1.165) is 21.9 Å². The predicted molar refractivity (Wildman–Crippen MR) is 64.8 cm³/mol. The first-order valence-electron chi connectivity index (χ1n) is 4.95. The minimum atomic E-state index is -0.0232. The van der Waals surface area contributed by atoms with Crippen LogP contribution in [0.1, 0.15) is 11.3 Å². The third-order valence-electron chi connectivity index (χ3n) is 2.30. The molecule has 1 heterocycles. The van der Waals surface area contributed by atoms with Crippen molar-refractivity contribution in [1.29, 1.82) is 0 Å². The lowest BCUT2D eigenvalue weighted by molar-refractivity contribution is 0.278. The first-order valence-corrected chi connectivity index (χ1v) is 5.83. The number of rotatable bonds is 3. The summed E-state index contributed by atoms with van der Waals surface area (Å²) in [6.45, 7) is 2.01. The van der Waals surface area contributed by atoms with Crippen LogP contribution in [0.2, 0.25) is 0 Å². The topological polar surface area (TPSA) is 42.4 Å². The Labute approximate surface area is 98.4 Å². The maximum absolute atomic E-state index is 8.99. The molecular formula is C12H13NO2S. The Kier molecular flexibility index (Phi) is 3.22. The highest BCUT2D eigenvalue weighted by molar-refractivity contribution is 7.13. The van der Waals surface area contributed by atoms with Crippen molar-refractivity contribution in [3.63, 3.8) is 0 Å². The van der Waals surface area contributed by atoms with Crippen LogP contribution >= 0.6 is 11.3 Å². The van der Waals surface area contributed by atoms with Gasteiger partial charge in [-0.1, -0.05) is 11.6 Å². The van der Waals surface area contributed by atoms with Crippen LogP contribution in [-0.4, -0.2) is 17.2 Å². The summed E-state index contributed by atoms with van der Waals surface area (Å²) in [6, 6.07) is 5.98. The zero-order chi connectivity index (χ0) is 11.5. The molecule has 2 aromatic rings. The predicted octanol–water partition coefficient (Wildman–Crippen LogP) is 2.62.